The molecule has 1 aromatic rings. The highest BCUT2D eigenvalue weighted by Gasteiger charge is 2.32. The molecule has 3 heterocycles. The minimum atomic E-state index is 0.819. The number of carbonyl (C=O) groups is 1. The third-order valence-corrected chi connectivity index (χ3v) is 5.42. The zero-order valence-electron chi connectivity index (χ0n) is 12.7. The Morgan fingerprint density at radius 3 is 2.82 bits per heavy atom. The summed E-state index contributed by atoms with van der Waals surface area (Å²) in [5, 5.41) is 0. The second kappa shape index (κ2) is 4.48. The third kappa shape index (κ3) is 1.59. The van der Waals surface area contributed by atoms with Gasteiger partial charge in [-0.2, -0.15) is 0 Å². The van der Waals surface area contributed by atoms with Crippen LogP contribution in [0.1, 0.15) is 42.4 Å². The Balaban J connectivity index is 1.74. The Kier molecular flexibility index (Phi) is 2.55. The number of anilines is 1. The van der Waals surface area contributed by atoms with Gasteiger partial charge in [0, 0.05) is 35.5 Å². The van der Waals surface area contributed by atoms with E-state index in [1.165, 1.54) is 60.3 Å². The monoisotopic (exact) mass is 293 g/mol. The van der Waals surface area contributed by atoms with Crippen molar-refractivity contribution in [2.24, 2.45) is 0 Å². The molecule has 112 valence electrons. The van der Waals surface area contributed by atoms with Crippen molar-refractivity contribution in [2.45, 2.75) is 38.5 Å². The molecule has 1 aromatic carbocycles. The second-order valence-corrected chi connectivity index (χ2v) is 6.72. The Labute approximate surface area is 130 Å². The molecule has 0 N–H and O–H groups in total. The minimum Gasteiger partial charge on any atom is -0.456 e. The average molecular weight is 293 g/mol. The van der Waals surface area contributed by atoms with Gasteiger partial charge in [0.25, 0.3) is 0 Å². The van der Waals surface area contributed by atoms with E-state index >= 15 is 0 Å². The van der Waals surface area contributed by atoms with Crippen molar-refractivity contribution in [2.75, 3.05) is 18.0 Å². The number of ether oxygens (including phenoxy) is 1. The molecule has 5 rings (SSSR count). The van der Waals surface area contributed by atoms with Gasteiger partial charge in [0.1, 0.15) is 17.8 Å². The van der Waals surface area contributed by atoms with Gasteiger partial charge < -0.3 is 9.64 Å². The first-order valence-corrected chi connectivity index (χ1v) is 8.36. The highest BCUT2D eigenvalue weighted by Crippen LogP contribution is 2.48. The molecular formula is C19H19NO2. The topological polar surface area (TPSA) is 29.5 Å². The number of hydrogen-bond acceptors (Lipinski definition) is 3. The quantitative estimate of drug-likeness (QED) is 0.743. The Bertz CT molecular complexity index is 755. The number of aldehydes is 1. The Hall–Kier alpha value is -2.03. The number of carbonyl (C=O) groups excluding carboxylic acids is 1. The number of rotatable bonds is 1. The van der Waals surface area contributed by atoms with Crippen LogP contribution in [-0.2, 0) is 17.6 Å². The minimum absolute atomic E-state index is 0.819. The van der Waals surface area contributed by atoms with Crippen LogP contribution >= 0.6 is 0 Å². The zero-order valence-corrected chi connectivity index (χ0v) is 12.7. The van der Waals surface area contributed by atoms with Crippen LogP contribution in [0.3, 0.4) is 0 Å². The van der Waals surface area contributed by atoms with Crippen molar-refractivity contribution in [3.8, 4) is 5.75 Å². The first kappa shape index (κ1) is 12.5. The van der Waals surface area contributed by atoms with E-state index in [1.807, 2.05) is 0 Å². The molecule has 0 spiro atoms. The molecule has 0 unspecified atom stereocenters. The number of aryl methyl sites for hydroxylation is 1. The van der Waals surface area contributed by atoms with Crippen molar-refractivity contribution in [3.63, 3.8) is 0 Å². The van der Waals surface area contributed by atoms with Gasteiger partial charge in [0.05, 0.1) is 0 Å². The Morgan fingerprint density at radius 1 is 1.09 bits per heavy atom. The normalized spacial score (nSPS) is 21.6. The van der Waals surface area contributed by atoms with Crippen LogP contribution in [0.25, 0.3) is 6.08 Å². The van der Waals surface area contributed by atoms with Crippen LogP contribution in [0.2, 0.25) is 0 Å². The first-order chi connectivity index (χ1) is 10.8. The second-order valence-electron chi connectivity index (χ2n) is 6.72. The maximum atomic E-state index is 11.3. The number of benzene rings is 1. The third-order valence-electron chi connectivity index (χ3n) is 5.42. The molecule has 0 bridgehead atoms. The number of fused-ring (bicyclic) bond motifs is 3. The van der Waals surface area contributed by atoms with E-state index in [2.05, 4.69) is 17.0 Å². The van der Waals surface area contributed by atoms with Crippen LogP contribution < -0.4 is 9.64 Å². The zero-order chi connectivity index (χ0) is 14.7. The predicted molar refractivity (Wildman–Crippen MR) is 86.2 cm³/mol. The molecule has 3 aliphatic heterocycles. The molecule has 1 aliphatic carbocycles. The van der Waals surface area contributed by atoms with E-state index < -0.39 is 0 Å². The Morgan fingerprint density at radius 2 is 1.95 bits per heavy atom. The van der Waals surface area contributed by atoms with E-state index in [0.29, 0.717) is 0 Å². The van der Waals surface area contributed by atoms with E-state index in [4.69, 9.17) is 4.74 Å². The van der Waals surface area contributed by atoms with Crippen LogP contribution in [0, 0.1) is 0 Å². The summed E-state index contributed by atoms with van der Waals surface area (Å²) in [4.78, 5) is 13.8. The fourth-order valence-corrected chi connectivity index (χ4v) is 4.46. The fourth-order valence-electron chi connectivity index (χ4n) is 4.46. The SMILES string of the molecule is O=CC1=C2Oc3c(cc4c5c3CCCN5CCC4)C=C2CC1. The molecule has 3 heteroatoms. The van der Waals surface area contributed by atoms with Crippen LogP contribution in [0.15, 0.2) is 23.0 Å². The summed E-state index contributed by atoms with van der Waals surface area (Å²) in [6, 6.07) is 2.33. The van der Waals surface area contributed by atoms with Gasteiger partial charge in [-0.1, -0.05) is 0 Å². The number of hydrogen-bond donors (Lipinski definition) is 0. The van der Waals surface area contributed by atoms with Crippen molar-refractivity contribution in [3.05, 3.63) is 39.7 Å². The van der Waals surface area contributed by atoms with E-state index in [1.54, 1.807) is 0 Å². The molecule has 0 fully saturated rings. The highest BCUT2D eigenvalue weighted by atomic mass is 16.5. The summed E-state index contributed by atoms with van der Waals surface area (Å²) < 4.78 is 6.28. The lowest BCUT2D eigenvalue weighted by molar-refractivity contribution is -0.105. The highest BCUT2D eigenvalue weighted by molar-refractivity contribution is 5.83. The first-order valence-electron chi connectivity index (χ1n) is 8.36. The summed E-state index contributed by atoms with van der Waals surface area (Å²) in [6.07, 6.45) is 9.70. The number of nitrogens with zero attached hydrogens (tertiary/aromatic N) is 1. The van der Waals surface area contributed by atoms with Gasteiger partial charge >= 0.3 is 0 Å². The molecule has 0 radical (unpaired) electrons. The average Bonchev–Trinajstić information content (AvgIpc) is 2.95. The van der Waals surface area contributed by atoms with Crippen molar-refractivity contribution >= 4 is 18.0 Å². The lowest BCUT2D eigenvalue weighted by Gasteiger charge is -2.38. The van der Waals surface area contributed by atoms with Gasteiger partial charge in [0.15, 0.2) is 0 Å². The van der Waals surface area contributed by atoms with Gasteiger partial charge in [-0.3, -0.25) is 4.79 Å². The number of allylic oxidation sites excluding steroid dienone is 2. The molecule has 0 amide bonds. The lowest BCUT2D eigenvalue weighted by atomic mass is 9.88. The molecule has 0 aromatic heterocycles. The van der Waals surface area contributed by atoms with E-state index in [0.717, 1.165) is 42.6 Å². The summed E-state index contributed by atoms with van der Waals surface area (Å²) in [5.41, 5.74) is 7.54. The lowest BCUT2D eigenvalue weighted by Crippen LogP contribution is -2.35. The van der Waals surface area contributed by atoms with Crippen molar-refractivity contribution < 1.29 is 9.53 Å². The predicted octanol–water partition coefficient (Wildman–Crippen LogP) is 3.41. The molecule has 0 saturated carbocycles. The summed E-state index contributed by atoms with van der Waals surface area (Å²) in [7, 11) is 0. The van der Waals surface area contributed by atoms with Gasteiger partial charge in [-0.15, -0.1) is 0 Å². The molecule has 4 aliphatic rings. The maximum Gasteiger partial charge on any atom is 0.149 e. The van der Waals surface area contributed by atoms with E-state index in [-0.39, 0.29) is 0 Å². The van der Waals surface area contributed by atoms with Crippen LogP contribution in [0.4, 0.5) is 5.69 Å². The molecule has 22 heavy (non-hydrogen) atoms. The standard InChI is InChI=1S/C19H19NO2/c21-11-14-6-5-13-10-15-9-12-3-1-7-20-8-2-4-16(17(12)20)19(15)22-18(13)14/h9-11H,1-8H2. The van der Waals surface area contributed by atoms with Crippen LogP contribution in [0.5, 0.6) is 5.75 Å². The van der Waals surface area contributed by atoms with E-state index in [9.17, 15) is 4.79 Å². The van der Waals surface area contributed by atoms with Crippen LogP contribution in [-0.4, -0.2) is 19.4 Å². The molecule has 0 saturated heterocycles. The van der Waals surface area contributed by atoms with Gasteiger partial charge in [-0.25, -0.2) is 0 Å². The van der Waals surface area contributed by atoms with Crippen molar-refractivity contribution in [1.29, 1.82) is 0 Å². The largest absolute Gasteiger partial charge is 0.456 e. The van der Waals surface area contributed by atoms with Crippen molar-refractivity contribution in [1.82, 2.24) is 0 Å². The fraction of sp³-hybridized carbons (Fsp3) is 0.421. The summed E-state index contributed by atoms with van der Waals surface area (Å²) >= 11 is 0. The van der Waals surface area contributed by atoms with Gasteiger partial charge in [0.2, 0.25) is 0 Å². The molecule has 3 nitrogen and oxygen atoms in total. The summed E-state index contributed by atoms with van der Waals surface area (Å²) in [6.45, 7) is 2.34. The smallest absolute Gasteiger partial charge is 0.149 e. The molecular weight excluding hydrogens is 274 g/mol. The maximum absolute atomic E-state index is 11.3. The molecule has 0 atom stereocenters. The summed E-state index contributed by atoms with van der Waals surface area (Å²) in [5.74, 6) is 1.86. The van der Waals surface area contributed by atoms with Gasteiger partial charge in [-0.05, 0) is 61.8 Å².